The smallest absolute Gasteiger partial charge is 0.254 e. The summed E-state index contributed by atoms with van der Waals surface area (Å²) in [4.78, 5) is 18.9. The van der Waals surface area contributed by atoms with Crippen molar-refractivity contribution in [2.45, 2.75) is 38.8 Å². The van der Waals surface area contributed by atoms with Gasteiger partial charge in [-0.25, -0.2) is 9.37 Å². The number of H-pyrrole nitrogens is 1. The maximum Gasteiger partial charge on any atom is 0.254 e. The zero-order chi connectivity index (χ0) is 16.9. The van der Waals surface area contributed by atoms with Crippen LogP contribution in [0.25, 0.3) is 0 Å². The Hall–Kier alpha value is -2.28. The Morgan fingerprint density at radius 2 is 2.12 bits per heavy atom. The molecule has 1 amide bonds. The van der Waals surface area contributed by atoms with E-state index in [9.17, 15) is 9.18 Å². The SMILES string of the molecule is CCc1n[nH]c(CN2CCC(NC(=O)c3ccccc3F)CC2)n1. The van der Waals surface area contributed by atoms with Gasteiger partial charge in [0.1, 0.15) is 17.5 Å². The summed E-state index contributed by atoms with van der Waals surface area (Å²) >= 11 is 0. The van der Waals surface area contributed by atoms with Gasteiger partial charge in [-0.05, 0) is 25.0 Å². The summed E-state index contributed by atoms with van der Waals surface area (Å²) in [7, 11) is 0. The van der Waals surface area contributed by atoms with Crippen LogP contribution in [-0.2, 0) is 13.0 Å². The fourth-order valence-corrected chi connectivity index (χ4v) is 2.92. The monoisotopic (exact) mass is 331 g/mol. The number of aryl methyl sites for hydroxylation is 1. The van der Waals surface area contributed by atoms with E-state index in [-0.39, 0.29) is 17.5 Å². The largest absolute Gasteiger partial charge is 0.349 e. The van der Waals surface area contributed by atoms with Gasteiger partial charge in [0.05, 0.1) is 12.1 Å². The van der Waals surface area contributed by atoms with Gasteiger partial charge in [-0.2, -0.15) is 5.10 Å². The second-order valence-corrected chi connectivity index (χ2v) is 6.06. The molecule has 1 fully saturated rings. The Kier molecular flexibility index (Phi) is 5.20. The topological polar surface area (TPSA) is 73.9 Å². The molecule has 2 aromatic rings. The van der Waals surface area contributed by atoms with Crippen molar-refractivity contribution in [1.82, 2.24) is 25.4 Å². The van der Waals surface area contributed by atoms with Crippen LogP contribution < -0.4 is 5.32 Å². The number of piperidine rings is 1. The third-order valence-electron chi connectivity index (χ3n) is 4.31. The van der Waals surface area contributed by atoms with E-state index >= 15 is 0 Å². The zero-order valence-electron chi connectivity index (χ0n) is 13.8. The van der Waals surface area contributed by atoms with Crippen LogP contribution in [0.5, 0.6) is 0 Å². The first kappa shape index (κ1) is 16.6. The summed E-state index contributed by atoms with van der Waals surface area (Å²) in [5.41, 5.74) is 0.105. The average Bonchev–Trinajstić information content (AvgIpc) is 3.04. The van der Waals surface area contributed by atoms with Crippen LogP contribution in [0.1, 0.15) is 41.8 Å². The molecule has 1 aliphatic heterocycles. The van der Waals surface area contributed by atoms with E-state index in [1.807, 2.05) is 6.92 Å². The molecule has 0 radical (unpaired) electrons. The first-order valence-electron chi connectivity index (χ1n) is 8.33. The predicted molar refractivity (Wildman–Crippen MR) is 87.9 cm³/mol. The fraction of sp³-hybridized carbons (Fsp3) is 0.471. The number of rotatable bonds is 5. The molecule has 1 aromatic heterocycles. The summed E-state index contributed by atoms with van der Waals surface area (Å²) in [6.07, 6.45) is 2.50. The standard InChI is InChI=1S/C17H22FN5O/c1-2-15-20-16(22-21-15)11-23-9-7-12(8-10-23)19-17(24)13-5-3-4-6-14(13)18/h3-6,12H,2,7-11H2,1H3,(H,19,24)(H,20,21,22). The van der Waals surface area contributed by atoms with E-state index in [0.717, 1.165) is 50.5 Å². The van der Waals surface area contributed by atoms with Crippen LogP contribution in [-0.4, -0.2) is 45.1 Å². The third-order valence-corrected chi connectivity index (χ3v) is 4.31. The summed E-state index contributed by atoms with van der Waals surface area (Å²) in [6, 6.07) is 6.14. The molecule has 0 bridgehead atoms. The van der Waals surface area contributed by atoms with Gasteiger partial charge in [0.25, 0.3) is 5.91 Å². The summed E-state index contributed by atoms with van der Waals surface area (Å²) in [5.74, 6) is 0.886. The van der Waals surface area contributed by atoms with Crippen LogP contribution in [0.3, 0.4) is 0 Å². The van der Waals surface area contributed by atoms with Gasteiger partial charge < -0.3 is 5.32 Å². The lowest BCUT2D eigenvalue weighted by Crippen LogP contribution is -2.44. The number of hydrogen-bond acceptors (Lipinski definition) is 4. The lowest BCUT2D eigenvalue weighted by molar-refractivity contribution is 0.0904. The molecular formula is C17H22FN5O. The van der Waals surface area contributed by atoms with Crippen LogP contribution in [0, 0.1) is 5.82 Å². The molecule has 128 valence electrons. The zero-order valence-corrected chi connectivity index (χ0v) is 13.8. The Balaban J connectivity index is 1.48. The normalized spacial score (nSPS) is 16.2. The van der Waals surface area contributed by atoms with Crippen molar-refractivity contribution in [3.63, 3.8) is 0 Å². The molecule has 2 N–H and O–H groups in total. The molecule has 0 aliphatic carbocycles. The van der Waals surface area contributed by atoms with Crippen LogP contribution in [0.4, 0.5) is 4.39 Å². The third kappa shape index (κ3) is 3.97. The van der Waals surface area contributed by atoms with Crippen molar-refractivity contribution in [2.75, 3.05) is 13.1 Å². The first-order valence-corrected chi connectivity index (χ1v) is 8.33. The maximum absolute atomic E-state index is 13.6. The number of halogens is 1. The number of aromatic amines is 1. The number of amides is 1. The molecule has 3 rings (SSSR count). The maximum atomic E-state index is 13.6. The molecular weight excluding hydrogens is 309 g/mol. The number of aromatic nitrogens is 3. The minimum Gasteiger partial charge on any atom is -0.349 e. The van der Waals surface area contributed by atoms with E-state index < -0.39 is 5.82 Å². The molecule has 0 atom stereocenters. The highest BCUT2D eigenvalue weighted by Gasteiger charge is 2.22. The molecule has 0 unspecified atom stereocenters. The van der Waals surface area contributed by atoms with Crippen LogP contribution in [0.15, 0.2) is 24.3 Å². The van der Waals surface area contributed by atoms with Crippen LogP contribution in [0.2, 0.25) is 0 Å². The van der Waals surface area contributed by atoms with Crippen molar-refractivity contribution in [3.05, 3.63) is 47.3 Å². The summed E-state index contributed by atoms with van der Waals surface area (Å²) in [5, 5.41) is 10.0. The minimum atomic E-state index is -0.482. The second-order valence-electron chi connectivity index (χ2n) is 6.06. The van der Waals surface area contributed by atoms with Crippen molar-refractivity contribution >= 4 is 5.91 Å². The summed E-state index contributed by atoms with van der Waals surface area (Å²) in [6.45, 7) is 4.49. The van der Waals surface area contributed by atoms with E-state index in [4.69, 9.17) is 0 Å². The van der Waals surface area contributed by atoms with Gasteiger partial charge in [0.2, 0.25) is 0 Å². The molecule has 1 saturated heterocycles. The summed E-state index contributed by atoms with van der Waals surface area (Å²) < 4.78 is 13.6. The fourth-order valence-electron chi connectivity index (χ4n) is 2.92. The molecule has 2 heterocycles. The van der Waals surface area contributed by atoms with E-state index in [1.165, 1.54) is 12.1 Å². The van der Waals surface area contributed by atoms with Crippen molar-refractivity contribution in [3.8, 4) is 0 Å². The number of carbonyl (C=O) groups excluding carboxylic acids is 1. The number of hydrogen-bond donors (Lipinski definition) is 2. The molecule has 0 saturated carbocycles. The van der Waals surface area contributed by atoms with Crippen LogP contribution >= 0.6 is 0 Å². The molecule has 0 spiro atoms. The van der Waals surface area contributed by atoms with Crippen molar-refractivity contribution in [2.24, 2.45) is 0 Å². The highest BCUT2D eigenvalue weighted by Crippen LogP contribution is 2.14. The predicted octanol–water partition coefficient (Wildman–Crippen LogP) is 1.90. The van der Waals surface area contributed by atoms with E-state index in [0.29, 0.717) is 0 Å². The van der Waals surface area contributed by atoms with Gasteiger partial charge in [0.15, 0.2) is 0 Å². The number of nitrogens with one attached hydrogen (secondary N) is 2. The van der Waals surface area contributed by atoms with E-state index in [1.54, 1.807) is 12.1 Å². The molecule has 7 heteroatoms. The number of benzene rings is 1. The lowest BCUT2D eigenvalue weighted by atomic mass is 10.0. The van der Waals surface area contributed by atoms with Gasteiger partial charge >= 0.3 is 0 Å². The number of carbonyl (C=O) groups is 1. The average molecular weight is 331 g/mol. The van der Waals surface area contributed by atoms with Gasteiger partial charge in [-0.1, -0.05) is 19.1 Å². The van der Waals surface area contributed by atoms with Gasteiger partial charge in [-0.15, -0.1) is 0 Å². The second kappa shape index (κ2) is 7.53. The number of likely N-dealkylation sites (tertiary alicyclic amines) is 1. The molecule has 1 aromatic carbocycles. The molecule has 24 heavy (non-hydrogen) atoms. The van der Waals surface area contributed by atoms with Crippen molar-refractivity contribution < 1.29 is 9.18 Å². The Morgan fingerprint density at radius 3 is 2.79 bits per heavy atom. The van der Waals surface area contributed by atoms with Crippen molar-refractivity contribution in [1.29, 1.82) is 0 Å². The van der Waals surface area contributed by atoms with E-state index in [2.05, 4.69) is 25.4 Å². The molecule has 6 nitrogen and oxygen atoms in total. The Morgan fingerprint density at radius 1 is 1.38 bits per heavy atom. The lowest BCUT2D eigenvalue weighted by Gasteiger charge is -2.31. The Labute approximate surface area is 140 Å². The first-order chi connectivity index (χ1) is 11.7. The highest BCUT2D eigenvalue weighted by molar-refractivity contribution is 5.94. The Bertz CT molecular complexity index is 694. The molecule has 1 aliphatic rings. The minimum absolute atomic E-state index is 0.0780. The highest BCUT2D eigenvalue weighted by atomic mass is 19.1. The quantitative estimate of drug-likeness (QED) is 0.878. The van der Waals surface area contributed by atoms with Gasteiger partial charge in [-0.3, -0.25) is 14.8 Å². The number of nitrogens with zero attached hydrogens (tertiary/aromatic N) is 3. The van der Waals surface area contributed by atoms with Gasteiger partial charge in [0, 0.05) is 25.6 Å².